The van der Waals surface area contributed by atoms with Crippen LogP contribution in [0.3, 0.4) is 0 Å². The second kappa shape index (κ2) is 10.9. The molecule has 0 radical (unpaired) electrons. The van der Waals surface area contributed by atoms with Crippen LogP contribution in [0, 0.1) is 0 Å². The molecule has 2 aromatic carbocycles. The van der Waals surface area contributed by atoms with Gasteiger partial charge in [-0.25, -0.2) is 5.43 Å². The Morgan fingerprint density at radius 1 is 0.935 bits per heavy atom. The minimum Gasteiger partial charge on any atom is -0.349 e. The summed E-state index contributed by atoms with van der Waals surface area (Å²) in [5.74, 6) is -2.22. The molecule has 1 fully saturated rings. The Hall–Kier alpha value is -2.90. The minimum atomic E-state index is -0.989. The zero-order valence-corrected chi connectivity index (χ0v) is 18.2. The first-order chi connectivity index (χ1) is 15.0. The van der Waals surface area contributed by atoms with E-state index in [0.29, 0.717) is 16.1 Å². The Morgan fingerprint density at radius 3 is 2.45 bits per heavy atom. The van der Waals surface area contributed by atoms with Crippen LogP contribution in [0.1, 0.15) is 48.0 Å². The van der Waals surface area contributed by atoms with Gasteiger partial charge in [-0.2, -0.15) is 5.10 Å². The van der Waals surface area contributed by atoms with Crippen molar-refractivity contribution in [3.8, 4) is 0 Å². The van der Waals surface area contributed by atoms with E-state index in [4.69, 9.17) is 23.2 Å². The highest BCUT2D eigenvalue weighted by Gasteiger charge is 2.20. The van der Waals surface area contributed by atoms with Gasteiger partial charge in [0.05, 0.1) is 27.5 Å². The second-order valence-corrected chi connectivity index (χ2v) is 7.94. The Bertz CT molecular complexity index is 1000. The fraction of sp³-hybridized carbons (Fsp3) is 0.273. The third-order valence-electron chi connectivity index (χ3n) is 4.92. The molecule has 3 N–H and O–H groups in total. The van der Waals surface area contributed by atoms with Crippen LogP contribution in [-0.4, -0.2) is 30.0 Å². The van der Waals surface area contributed by atoms with Gasteiger partial charge in [0.1, 0.15) is 0 Å². The SMILES string of the molecule is O=C(N/N=C\c1cccc(Cl)c1Cl)C(=O)Nc1ccccc1C(=O)NC1CCCCC1. The van der Waals surface area contributed by atoms with E-state index in [0.717, 1.165) is 25.7 Å². The standard InChI is InChI=1S/C22H22Cl2N4O3/c23-17-11-6-7-14(19(17)24)13-25-28-22(31)21(30)27-18-12-5-4-10-16(18)20(29)26-15-8-2-1-3-9-15/h4-7,10-13,15H,1-3,8-9H2,(H,26,29)(H,27,30)(H,28,31)/b25-13-. The monoisotopic (exact) mass is 460 g/mol. The zero-order valence-electron chi connectivity index (χ0n) is 16.7. The molecule has 7 nitrogen and oxygen atoms in total. The Kier molecular flexibility index (Phi) is 8.03. The summed E-state index contributed by atoms with van der Waals surface area (Å²) < 4.78 is 0. The average Bonchev–Trinajstić information content (AvgIpc) is 2.77. The van der Waals surface area contributed by atoms with Crippen molar-refractivity contribution < 1.29 is 14.4 Å². The number of hydrazone groups is 1. The van der Waals surface area contributed by atoms with E-state index in [-0.39, 0.29) is 22.7 Å². The van der Waals surface area contributed by atoms with Crippen LogP contribution in [0.25, 0.3) is 0 Å². The third kappa shape index (κ3) is 6.29. The first kappa shape index (κ1) is 22.8. The number of hydrogen-bond acceptors (Lipinski definition) is 4. The van der Waals surface area contributed by atoms with Crippen LogP contribution in [0.4, 0.5) is 5.69 Å². The van der Waals surface area contributed by atoms with Gasteiger partial charge in [-0.3, -0.25) is 14.4 Å². The molecule has 0 saturated heterocycles. The molecule has 1 aliphatic rings. The lowest BCUT2D eigenvalue weighted by Crippen LogP contribution is -2.37. The number of hydrogen-bond donors (Lipinski definition) is 3. The van der Waals surface area contributed by atoms with Gasteiger partial charge in [0.25, 0.3) is 5.91 Å². The van der Waals surface area contributed by atoms with Gasteiger partial charge in [-0.05, 0) is 31.0 Å². The number of halogens is 2. The van der Waals surface area contributed by atoms with Crippen LogP contribution in [0.15, 0.2) is 47.6 Å². The number of benzene rings is 2. The smallest absolute Gasteiger partial charge is 0.329 e. The van der Waals surface area contributed by atoms with E-state index in [9.17, 15) is 14.4 Å². The summed E-state index contributed by atoms with van der Waals surface area (Å²) in [5.41, 5.74) is 3.16. The van der Waals surface area contributed by atoms with Gasteiger partial charge in [-0.15, -0.1) is 0 Å². The molecule has 0 unspecified atom stereocenters. The van der Waals surface area contributed by atoms with E-state index < -0.39 is 11.8 Å². The fourth-order valence-electron chi connectivity index (χ4n) is 3.31. The van der Waals surface area contributed by atoms with Crippen LogP contribution in [0.5, 0.6) is 0 Å². The van der Waals surface area contributed by atoms with E-state index in [1.807, 2.05) is 0 Å². The maximum atomic E-state index is 12.7. The van der Waals surface area contributed by atoms with E-state index in [1.54, 1.807) is 42.5 Å². The summed E-state index contributed by atoms with van der Waals surface area (Å²) in [5, 5.41) is 9.83. The van der Waals surface area contributed by atoms with Crippen molar-refractivity contribution in [1.82, 2.24) is 10.7 Å². The van der Waals surface area contributed by atoms with Crippen LogP contribution in [0.2, 0.25) is 10.0 Å². The summed E-state index contributed by atoms with van der Waals surface area (Å²) in [6.07, 6.45) is 6.52. The second-order valence-electron chi connectivity index (χ2n) is 7.15. The maximum Gasteiger partial charge on any atom is 0.329 e. The zero-order chi connectivity index (χ0) is 22.2. The molecule has 0 spiro atoms. The molecule has 0 heterocycles. The van der Waals surface area contributed by atoms with E-state index in [1.165, 1.54) is 12.6 Å². The molecule has 162 valence electrons. The summed E-state index contributed by atoms with van der Waals surface area (Å²) in [6.45, 7) is 0. The highest BCUT2D eigenvalue weighted by atomic mass is 35.5. The molecule has 31 heavy (non-hydrogen) atoms. The van der Waals surface area contributed by atoms with Gasteiger partial charge >= 0.3 is 11.8 Å². The molecular formula is C22H22Cl2N4O3. The predicted molar refractivity (Wildman–Crippen MR) is 122 cm³/mol. The largest absolute Gasteiger partial charge is 0.349 e. The molecule has 1 aliphatic carbocycles. The summed E-state index contributed by atoms with van der Waals surface area (Å²) in [7, 11) is 0. The van der Waals surface area contributed by atoms with Crippen molar-refractivity contribution in [3.05, 3.63) is 63.6 Å². The molecular weight excluding hydrogens is 439 g/mol. The van der Waals surface area contributed by atoms with Gasteiger partial charge in [0, 0.05) is 11.6 Å². The van der Waals surface area contributed by atoms with Crippen LogP contribution < -0.4 is 16.1 Å². The van der Waals surface area contributed by atoms with E-state index in [2.05, 4.69) is 21.2 Å². The van der Waals surface area contributed by atoms with Crippen molar-refractivity contribution in [2.45, 2.75) is 38.1 Å². The first-order valence-corrected chi connectivity index (χ1v) is 10.7. The summed E-state index contributed by atoms with van der Waals surface area (Å²) in [6, 6.07) is 11.6. The highest BCUT2D eigenvalue weighted by molar-refractivity contribution is 6.43. The number of amides is 3. The van der Waals surface area contributed by atoms with E-state index >= 15 is 0 Å². The number of nitrogens with one attached hydrogen (secondary N) is 3. The number of carbonyl (C=O) groups is 3. The normalized spacial score (nSPS) is 14.3. The van der Waals surface area contributed by atoms with Crippen LogP contribution in [-0.2, 0) is 9.59 Å². The van der Waals surface area contributed by atoms with Gasteiger partial charge in [0.2, 0.25) is 0 Å². The van der Waals surface area contributed by atoms with Crippen molar-refractivity contribution >= 4 is 52.8 Å². The van der Waals surface area contributed by atoms with Crippen molar-refractivity contribution in [2.75, 3.05) is 5.32 Å². The number of anilines is 1. The molecule has 3 rings (SSSR count). The number of nitrogens with zero attached hydrogens (tertiary/aromatic N) is 1. The molecule has 0 aliphatic heterocycles. The Balaban J connectivity index is 1.60. The number of para-hydroxylation sites is 1. The lowest BCUT2D eigenvalue weighted by molar-refractivity contribution is -0.136. The quantitative estimate of drug-likeness (QED) is 0.355. The molecule has 2 aromatic rings. The van der Waals surface area contributed by atoms with Gasteiger partial charge in [0.15, 0.2) is 0 Å². The van der Waals surface area contributed by atoms with Crippen molar-refractivity contribution in [1.29, 1.82) is 0 Å². The fourth-order valence-corrected chi connectivity index (χ4v) is 3.67. The third-order valence-corrected chi connectivity index (χ3v) is 5.75. The average molecular weight is 461 g/mol. The Morgan fingerprint density at radius 2 is 1.68 bits per heavy atom. The molecule has 0 bridgehead atoms. The lowest BCUT2D eigenvalue weighted by Gasteiger charge is -2.23. The molecule has 9 heteroatoms. The van der Waals surface area contributed by atoms with Crippen molar-refractivity contribution in [2.24, 2.45) is 5.10 Å². The molecule has 1 saturated carbocycles. The number of carbonyl (C=O) groups excluding carboxylic acids is 3. The molecule has 3 amide bonds. The minimum absolute atomic E-state index is 0.126. The van der Waals surface area contributed by atoms with Gasteiger partial charge in [-0.1, -0.05) is 66.7 Å². The topological polar surface area (TPSA) is 99.7 Å². The number of rotatable bonds is 5. The molecule has 0 atom stereocenters. The lowest BCUT2D eigenvalue weighted by atomic mass is 9.95. The summed E-state index contributed by atoms with van der Waals surface area (Å²) in [4.78, 5) is 37.0. The predicted octanol–water partition coefficient (Wildman–Crippen LogP) is 4.14. The molecule has 0 aromatic heterocycles. The van der Waals surface area contributed by atoms with Gasteiger partial charge < -0.3 is 10.6 Å². The summed E-state index contributed by atoms with van der Waals surface area (Å²) >= 11 is 12.0. The maximum absolute atomic E-state index is 12.7. The van der Waals surface area contributed by atoms with Crippen LogP contribution >= 0.6 is 23.2 Å². The van der Waals surface area contributed by atoms with Crippen molar-refractivity contribution in [3.63, 3.8) is 0 Å². The first-order valence-electron chi connectivity index (χ1n) is 9.94. The highest BCUT2D eigenvalue weighted by Crippen LogP contribution is 2.24. The Labute approximate surface area is 190 Å².